The summed E-state index contributed by atoms with van der Waals surface area (Å²) in [4.78, 5) is 19.0. The molecule has 104 valence electrons. The van der Waals surface area contributed by atoms with E-state index in [0.29, 0.717) is 6.04 Å². The number of carbonyl (C=O) groups excluding carboxylic acids is 1. The van der Waals surface area contributed by atoms with Gasteiger partial charge in [-0.25, -0.2) is 4.79 Å². The fourth-order valence-corrected chi connectivity index (χ4v) is 3.02. The monoisotopic (exact) mass is 253 g/mol. The molecule has 0 saturated carbocycles. The maximum Gasteiger partial charge on any atom is 0.320 e. The third-order valence-electron chi connectivity index (χ3n) is 4.40. The highest BCUT2D eigenvalue weighted by atomic mass is 16.2. The van der Waals surface area contributed by atoms with Gasteiger partial charge >= 0.3 is 6.03 Å². The molecule has 0 aromatic heterocycles. The lowest BCUT2D eigenvalue weighted by Gasteiger charge is -2.41. The van der Waals surface area contributed by atoms with Crippen LogP contribution in [0.5, 0.6) is 0 Å². The number of rotatable bonds is 1. The molecule has 4 nitrogen and oxygen atoms in total. The van der Waals surface area contributed by atoms with Gasteiger partial charge in [-0.1, -0.05) is 19.8 Å². The second-order valence-corrected chi connectivity index (χ2v) is 5.67. The Labute approximate surface area is 111 Å². The molecular weight excluding hydrogens is 226 g/mol. The summed E-state index contributed by atoms with van der Waals surface area (Å²) in [5.74, 6) is 0. The van der Waals surface area contributed by atoms with E-state index in [-0.39, 0.29) is 6.03 Å². The van der Waals surface area contributed by atoms with Crippen LogP contribution in [0.2, 0.25) is 0 Å². The van der Waals surface area contributed by atoms with Crippen molar-refractivity contribution in [1.82, 2.24) is 14.7 Å². The first kappa shape index (κ1) is 13.7. The minimum Gasteiger partial charge on any atom is -0.325 e. The maximum absolute atomic E-state index is 12.5. The first-order valence-corrected chi connectivity index (χ1v) is 7.46. The zero-order chi connectivity index (χ0) is 13.0. The van der Waals surface area contributed by atoms with Crippen LogP contribution in [0.25, 0.3) is 0 Å². The quantitative estimate of drug-likeness (QED) is 0.714. The number of likely N-dealkylation sites (tertiary alicyclic amines) is 1. The molecule has 0 aromatic rings. The lowest BCUT2D eigenvalue weighted by atomic mass is 10.1. The molecule has 18 heavy (non-hydrogen) atoms. The molecular formula is C14H27N3O. The Bertz CT molecular complexity index is 274. The molecule has 2 heterocycles. The van der Waals surface area contributed by atoms with E-state index in [0.717, 1.165) is 39.1 Å². The number of piperazine rings is 1. The topological polar surface area (TPSA) is 26.8 Å². The van der Waals surface area contributed by atoms with Crippen LogP contribution in [0.15, 0.2) is 0 Å². The van der Waals surface area contributed by atoms with Gasteiger partial charge in [0, 0.05) is 38.8 Å². The van der Waals surface area contributed by atoms with Crippen LogP contribution in [0.4, 0.5) is 4.79 Å². The van der Waals surface area contributed by atoms with Gasteiger partial charge in [-0.05, 0) is 26.3 Å². The Balaban J connectivity index is 1.91. The van der Waals surface area contributed by atoms with Crippen molar-refractivity contribution >= 4 is 6.03 Å². The molecule has 2 amide bonds. The SMILES string of the molecule is CCC1CN(C(=O)N2CCCCCC2)CCN1C. The molecule has 2 aliphatic heterocycles. The van der Waals surface area contributed by atoms with Crippen LogP contribution in [-0.4, -0.2) is 66.5 Å². The summed E-state index contributed by atoms with van der Waals surface area (Å²) >= 11 is 0. The molecule has 0 spiro atoms. The van der Waals surface area contributed by atoms with Gasteiger partial charge in [0.25, 0.3) is 0 Å². The molecule has 2 fully saturated rings. The third-order valence-corrected chi connectivity index (χ3v) is 4.40. The van der Waals surface area contributed by atoms with Gasteiger partial charge in [0.15, 0.2) is 0 Å². The van der Waals surface area contributed by atoms with Crippen LogP contribution in [0, 0.1) is 0 Å². The smallest absolute Gasteiger partial charge is 0.320 e. The Morgan fingerprint density at radius 2 is 1.67 bits per heavy atom. The molecule has 1 atom stereocenters. The van der Waals surface area contributed by atoms with Gasteiger partial charge in [-0.3, -0.25) is 4.90 Å². The van der Waals surface area contributed by atoms with Crippen LogP contribution in [-0.2, 0) is 0 Å². The van der Waals surface area contributed by atoms with E-state index in [2.05, 4.69) is 28.7 Å². The van der Waals surface area contributed by atoms with Gasteiger partial charge in [0.2, 0.25) is 0 Å². The van der Waals surface area contributed by atoms with Crippen LogP contribution < -0.4 is 0 Å². The number of likely N-dealkylation sites (N-methyl/N-ethyl adjacent to an activating group) is 1. The average Bonchev–Trinajstić information content (AvgIpc) is 2.67. The molecule has 2 saturated heterocycles. The van der Waals surface area contributed by atoms with Crippen molar-refractivity contribution in [2.75, 3.05) is 39.8 Å². The van der Waals surface area contributed by atoms with Crippen molar-refractivity contribution in [3.8, 4) is 0 Å². The molecule has 1 unspecified atom stereocenters. The lowest BCUT2D eigenvalue weighted by molar-refractivity contribution is 0.0886. The normalized spacial score (nSPS) is 27.1. The van der Waals surface area contributed by atoms with Gasteiger partial charge in [-0.2, -0.15) is 0 Å². The molecule has 0 aromatic carbocycles. The van der Waals surface area contributed by atoms with Gasteiger partial charge < -0.3 is 9.80 Å². The summed E-state index contributed by atoms with van der Waals surface area (Å²) in [6.07, 6.45) is 6.04. The number of carbonyl (C=O) groups is 1. The summed E-state index contributed by atoms with van der Waals surface area (Å²) in [6.45, 7) is 6.94. The van der Waals surface area contributed by atoms with Crippen molar-refractivity contribution in [1.29, 1.82) is 0 Å². The molecule has 0 aliphatic carbocycles. The van der Waals surface area contributed by atoms with Crippen molar-refractivity contribution < 1.29 is 4.79 Å². The van der Waals surface area contributed by atoms with Gasteiger partial charge in [0.1, 0.15) is 0 Å². The fraction of sp³-hybridized carbons (Fsp3) is 0.929. The number of hydrogen-bond donors (Lipinski definition) is 0. The second-order valence-electron chi connectivity index (χ2n) is 5.67. The highest BCUT2D eigenvalue weighted by Gasteiger charge is 2.28. The number of nitrogens with zero attached hydrogens (tertiary/aromatic N) is 3. The minimum atomic E-state index is 0.281. The second kappa shape index (κ2) is 6.41. The van der Waals surface area contributed by atoms with E-state index >= 15 is 0 Å². The van der Waals surface area contributed by atoms with Gasteiger partial charge in [-0.15, -0.1) is 0 Å². The van der Waals surface area contributed by atoms with E-state index in [1.54, 1.807) is 0 Å². The molecule has 0 radical (unpaired) electrons. The van der Waals surface area contributed by atoms with E-state index in [9.17, 15) is 4.79 Å². The Hall–Kier alpha value is -0.770. The van der Waals surface area contributed by atoms with Crippen molar-refractivity contribution in [2.24, 2.45) is 0 Å². The largest absolute Gasteiger partial charge is 0.325 e. The zero-order valence-electron chi connectivity index (χ0n) is 11.9. The van der Waals surface area contributed by atoms with E-state index in [1.165, 1.54) is 25.7 Å². The third kappa shape index (κ3) is 3.16. The van der Waals surface area contributed by atoms with Crippen molar-refractivity contribution in [3.63, 3.8) is 0 Å². The molecule has 2 rings (SSSR count). The first-order chi connectivity index (χ1) is 8.72. The Kier molecular flexibility index (Phi) is 4.87. The molecule has 0 N–H and O–H groups in total. The van der Waals surface area contributed by atoms with Gasteiger partial charge in [0.05, 0.1) is 0 Å². The summed E-state index contributed by atoms with van der Waals surface area (Å²) in [5, 5.41) is 0. The molecule has 0 bridgehead atoms. The molecule has 2 aliphatic rings. The van der Waals surface area contributed by atoms with E-state index in [1.807, 2.05) is 0 Å². The van der Waals surface area contributed by atoms with E-state index < -0.39 is 0 Å². The lowest BCUT2D eigenvalue weighted by Crippen LogP contribution is -2.56. The first-order valence-electron chi connectivity index (χ1n) is 7.46. The summed E-state index contributed by atoms with van der Waals surface area (Å²) < 4.78 is 0. The summed E-state index contributed by atoms with van der Waals surface area (Å²) in [6, 6.07) is 0.818. The standard InChI is InChI=1S/C14H27N3O/c1-3-13-12-17(11-10-15(13)2)14(18)16-8-6-4-5-7-9-16/h13H,3-12H2,1-2H3. The predicted molar refractivity (Wildman–Crippen MR) is 73.7 cm³/mol. The van der Waals surface area contributed by atoms with Crippen LogP contribution in [0.1, 0.15) is 39.0 Å². The minimum absolute atomic E-state index is 0.281. The predicted octanol–water partition coefficient (Wildman–Crippen LogP) is 2.01. The number of amides is 2. The average molecular weight is 253 g/mol. The Morgan fingerprint density at radius 1 is 1.00 bits per heavy atom. The van der Waals surface area contributed by atoms with Crippen LogP contribution in [0.3, 0.4) is 0 Å². The molecule has 4 heteroatoms. The summed E-state index contributed by atoms with van der Waals surface area (Å²) in [5.41, 5.74) is 0. The number of urea groups is 1. The zero-order valence-corrected chi connectivity index (χ0v) is 11.9. The van der Waals surface area contributed by atoms with Crippen LogP contribution >= 0.6 is 0 Å². The highest BCUT2D eigenvalue weighted by molar-refractivity contribution is 5.74. The fourth-order valence-electron chi connectivity index (χ4n) is 3.02. The summed E-state index contributed by atoms with van der Waals surface area (Å²) in [7, 11) is 2.17. The maximum atomic E-state index is 12.5. The highest BCUT2D eigenvalue weighted by Crippen LogP contribution is 2.15. The number of hydrogen-bond acceptors (Lipinski definition) is 2. The van der Waals surface area contributed by atoms with E-state index in [4.69, 9.17) is 0 Å². The van der Waals surface area contributed by atoms with Crippen molar-refractivity contribution in [3.05, 3.63) is 0 Å². The Morgan fingerprint density at radius 3 is 2.28 bits per heavy atom. The van der Waals surface area contributed by atoms with Crippen molar-refractivity contribution in [2.45, 2.75) is 45.1 Å².